The first kappa shape index (κ1) is 9.85. The third-order valence-electron chi connectivity index (χ3n) is 1.76. The summed E-state index contributed by atoms with van der Waals surface area (Å²) in [6, 6.07) is 5.73. The Morgan fingerprint density at radius 1 is 1.43 bits per heavy atom. The summed E-state index contributed by atoms with van der Waals surface area (Å²) in [5, 5.41) is 11.9. The Hall–Kier alpha value is -0.690. The van der Waals surface area contributed by atoms with Crippen LogP contribution in [-0.4, -0.2) is 20.2 Å². The molecule has 6 heteroatoms. The predicted octanol–water partition coefficient (Wildman–Crippen LogP) is 2.23. The lowest BCUT2D eigenvalue weighted by molar-refractivity contribution is 0.779. The summed E-state index contributed by atoms with van der Waals surface area (Å²) < 4.78 is 2.69. The highest BCUT2D eigenvalue weighted by Crippen LogP contribution is 2.22. The van der Waals surface area contributed by atoms with Crippen molar-refractivity contribution in [3.63, 3.8) is 0 Å². The van der Waals surface area contributed by atoms with Crippen molar-refractivity contribution in [3.05, 3.63) is 32.6 Å². The van der Waals surface area contributed by atoms with E-state index in [1.165, 1.54) is 0 Å². The molecule has 1 heterocycles. The molecule has 1 aromatic carbocycles. The van der Waals surface area contributed by atoms with Gasteiger partial charge in [0.05, 0.1) is 10.7 Å². The van der Waals surface area contributed by atoms with Crippen LogP contribution in [0.25, 0.3) is 5.69 Å². The minimum absolute atomic E-state index is 0.646. The van der Waals surface area contributed by atoms with Gasteiger partial charge in [-0.3, -0.25) is 0 Å². The molecule has 0 bridgehead atoms. The summed E-state index contributed by atoms with van der Waals surface area (Å²) in [4.78, 5) is 0. The zero-order valence-electron chi connectivity index (χ0n) is 7.28. The second-order valence-corrected chi connectivity index (χ2v) is 4.39. The third-order valence-corrected chi connectivity index (χ3v) is 2.74. The lowest BCUT2D eigenvalue weighted by Crippen LogP contribution is -2.00. The first-order valence-electron chi connectivity index (χ1n) is 3.89. The fraction of sp³-hybridized carbons (Fsp3) is 0.125. The maximum atomic E-state index is 6.07. The molecule has 0 fully saturated rings. The molecule has 2 rings (SSSR count). The van der Waals surface area contributed by atoms with Crippen molar-refractivity contribution in [3.8, 4) is 5.69 Å². The molecular weight excluding hydrogens is 314 g/mol. The Kier molecular flexibility index (Phi) is 2.69. The van der Waals surface area contributed by atoms with Gasteiger partial charge >= 0.3 is 0 Å². The van der Waals surface area contributed by atoms with Crippen LogP contribution in [0.3, 0.4) is 0 Å². The van der Waals surface area contributed by atoms with Crippen molar-refractivity contribution >= 4 is 34.2 Å². The Labute approximate surface area is 99.4 Å². The number of tetrazole rings is 1. The molecule has 1 aromatic heterocycles. The fourth-order valence-corrected chi connectivity index (χ4v) is 2.04. The number of halogens is 2. The maximum absolute atomic E-state index is 6.07. The normalized spacial score (nSPS) is 10.5. The van der Waals surface area contributed by atoms with Crippen molar-refractivity contribution in [1.82, 2.24) is 20.2 Å². The van der Waals surface area contributed by atoms with Crippen molar-refractivity contribution in [2.24, 2.45) is 0 Å². The van der Waals surface area contributed by atoms with Gasteiger partial charge < -0.3 is 0 Å². The van der Waals surface area contributed by atoms with Crippen LogP contribution < -0.4 is 0 Å². The number of hydrogen-bond acceptors (Lipinski definition) is 3. The standard InChI is InChI=1S/C8H6ClIN4/c1-5-11-12-13-14(5)8-3-2-6(10)4-7(8)9/h2-4H,1H3. The Morgan fingerprint density at radius 2 is 2.21 bits per heavy atom. The maximum Gasteiger partial charge on any atom is 0.153 e. The van der Waals surface area contributed by atoms with Crippen LogP contribution in [0.2, 0.25) is 5.02 Å². The quantitative estimate of drug-likeness (QED) is 0.757. The zero-order valence-corrected chi connectivity index (χ0v) is 10.2. The summed E-state index contributed by atoms with van der Waals surface area (Å²) >= 11 is 8.28. The second kappa shape index (κ2) is 3.82. The molecule has 2 aromatic rings. The molecule has 0 atom stereocenters. The van der Waals surface area contributed by atoms with E-state index in [4.69, 9.17) is 11.6 Å². The summed E-state index contributed by atoms with van der Waals surface area (Å²) in [5.41, 5.74) is 0.801. The van der Waals surface area contributed by atoms with Gasteiger partial charge in [0.25, 0.3) is 0 Å². The molecule has 14 heavy (non-hydrogen) atoms. The van der Waals surface area contributed by atoms with Gasteiger partial charge in [0.15, 0.2) is 5.82 Å². The number of aryl methyl sites for hydroxylation is 1. The van der Waals surface area contributed by atoms with Crippen LogP contribution in [0.5, 0.6) is 0 Å². The second-order valence-electron chi connectivity index (χ2n) is 2.73. The molecule has 0 saturated carbocycles. The molecule has 0 saturated heterocycles. The average Bonchev–Trinajstić information content (AvgIpc) is 2.52. The Balaban J connectivity index is 2.58. The van der Waals surface area contributed by atoms with Crippen LogP contribution in [0.1, 0.15) is 5.82 Å². The van der Waals surface area contributed by atoms with Crippen LogP contribution in [0, 0.1) is 10.5 Å². The minimum atomic E-state index is 0.646. The van der Waals surface area contributed by atoms with Crippen molar-refractivity contribution in [1.29, 1.82) is 0 Å². The molecule has 0 aliphatic rings. The van der Waals surface area contributed by atoms with Crippen LogP contribution >= 0.6 is 34.2 Å². The largest absolute Gasteiger partial charge is 0.196 e. The first-order chi connectivity index (χ1) is 6.68. The van der Waals surface area contributed by atoms with Gasteiger partial charge in [-0.25, -0.2) is 0 Å². The lowest BCUT2D eigenvalue weighted by atomic mass is 10.3. The molecule has 0 N–H and O–H groups in total. The van der Waals surface area contributed by atoms with E-state index >= 15 is 0 Å². The van der Waals surface area contributed by atoms with Crippen molar-refractivity contribution in [2.75, 3.05) is 0 Å². The molecular formula is C8H6ClIN4. The van der Waals surface area contributed by atoms with Crippen molar-refractivity contribution < 1.29 is 0 Å². The third kappa shape index (κ3) is 1.74. The molecule has 0 unspecified atom stereocenters. The number of benzene rings is 1. The fourth-order valence-electron chi connectivity index (χ4n) is 1.11. The summed E-state index contributed by atoms with van der Waals surface area (Å²) in [5.74, 6) is 0.716. The highest BCUT2D eigenvalue weighted by atomic mass is 127. The van der Waals surface area contributed by atoms with Crippen LogP contribution in [0.15, 0.2) is 18.2 Å². The smallest absolute Gasteiger partial charge is 0.153 e. The SMILES string of the molecule is Cc1nnnn1-c1ccc(I)cc1Cl. The highest BCUT2D eigenvalue weighted by Gasteiger charge is 2.07. The molecule has 72 valence electrons. The van der Waals surface area contributed by atoms with Gasteiger partial charge in [-0.15, -0.1) is 5.10 Å². The molecule has 0 spiro atoms. The molecule has 0 aliphatic carbocycles. The summed E-state index contributed by atoms with van der Waals surface area (Å²) in [7, 11) is 0. The molecule has 4 nitrogen and oxygen atoms in total. The van der Waals surface area contributed by atoms with Crippen LogP contribution in [0.4, 0.5) is 0 Å². The van der Waals surface area contributed by atoms with Gasteiger partial charge in [-0.1, -0.05) is 11.6 Å². The van der Waals surface area contributed by atoms with E-state index in [0.29, 0.717) is 10.8 Å². The molecule has 0 aliphatic heterocycles. The Morgan fingerprint density at radius 3 is 2.79 bits per heavy atom. The molecule has 0 amide bonds. The van der Waals surface area contributed by atoms with Gasteiger partial charge in [-0.05, 0) is 58.1 Å². The lowest BCUT2D eigenvalue weighted by Gasteiger charge is -2.04. The topological polar surface area (TPSA) is 43.6 Å². The number of aromatic nitrogens is 4. The van der Waals surface area contributed by atoms with Gasteiger partial charge in [0.1, 0.15) is 0 Å². The van der Waals surface area contributed by atoms with E-state index in [2.05, 4.69) is 38.1 Å². The van der Waals surface area contributed by atoms with E-state index in [1.54, 1.807) is 4.68 Å². The number of hydrogen-bond donors (Lipinski definition) is 0. The van der Waals surface area contributed by atoms with Crippen LogP contribution in [-0.2, 0) is 0 Å². The molecule has 0 radical (unpaired) electrons. The van der Waals surface area contributed by atoms with E-state index in [1.807, 2.05) is 25.1 Å². The monoisotopic (exact) mass is 320 g/mol. The number of rotatable bonds is 1. The van der Waals surface area contributed by atoms with E-state index in [-0.39, 0.29) is 0 Å². The van der Waals surface area contributed by atoms with Gasteiger partial charge in [0, 0.05) is 3.57 Å². The summed E-state index contributed by atoms with van der Waals surface area (Å²) in [6.45, 7) is 1.83. The minimum Gasteiger partial charge on any atom is -0.196 e. The van der Waals surface area contributed by atoms with Crippen molar-refractivity contribution in [2.45, 2.75) is 6.92 Å². The first-order valence-corrected chi connectivity index (χ1v) is 5.34. The number of nitrogens with zero attached hydrogens (tertiary/aromatic N) is 4. The van der Waals surface area contributed by atoms with E-state index in [0.717, 1.165) is 9.26 Å². The average molecular weight is 321 g/mol. The van der Waals surface area contributed by atoms with E-state index < -0.39 is 0 Å². The van der Waals surface area contributed by atoms with Gasteiger partial charge in [-0.2, -0.15) is 4.68 Å². The zero-order chi connectivity index (χ0) is 10.1. The Bertz CT molecular complexity index is 468. The predicted molar refractivity (Wildman–Crippen MR) is 61.6 cm³/mol. The highest BCUT2D eigenvalue weighted by molar-refractivity contribution is 14.1. The summed E-state index contributed by atoms with van der Waals surface area (Å²) in [6.07, 6.45) is 0. The van der Waals surface area contributed by atoms with Gasteiger partial charge in [0.2, 0.25) is 0 Å². The van der Waals surface area contributed by atoms with E-state index in [9.17, 15) is 0 Å².